The molecule has 0 atom stereocenters. The fourth-order valence-corrected chi connectivity index (χ4v) is 2.70. The molecule has 0 saturated heterocycles. The van der Waals surface area contributed by atoms with E-state index >= 15 is 0 Å². The Balaban J connectivity index is 0.00000176. The number of benzene rings is 2. The van der Waals surface area contributed by atoms with Gasteiger partial charge in [-0.1, -0.05) is 46.3 Å². The first-order valence-corrected chi connectivity index (χ1v) is 7.34. The summed E-state index contributed by atoms with van der Waals surface area (Å²) in [5, 5.41) is 13.4. The molecule has 22 heavy (non-hydrogen) atoms. The zero-order chi connectivity index (χ0) is 14.8. The van der Waals surface area contributed by atoms with Crippen LogP contribution in [0.3, 0.4) is 0 Å². The minimum absolute atomic E-state index is 0. The van der Waals surface area contributed by atoms with E-state index in [4.69, 9.17) is 0 Å². The molecule has 6 heteroatoms. The highest BCUT2D eigenvalue weighted by Gasteiger charge is 2.16. The van der Waals surface area contributed by atoms with E-state index in [1.807, 2.05) is 48.5 Å². The van der Waals surface area contributed by atoms with E-state index in [0.717, 1.165) is 26.3 Å². The number of fused-ring (bicyclic) bond motifs is 1. The van der Waals surface area contributed by atoms with Crippen molar-refractivity contribution in [2.45, 2.75) is 0 Å². The molecule has 4 nitrogen and oxygen atoms in total. The fourth-order valence-electron chi connectivity index (χ4n) is 2.34. The van der Waals surface area contributed by atoms with E-state index in [-0.39, 0.29) is 19.0 Å². The van der Waals surface area contributed by atoms with Gasteiger partial charge in [-0.2, -0.15) is 0 Å². The number of halogens is 2. The lowest BCUT2D eigenvalue weighted by Crippen LogP contribution is -2.31. The first kappa shape index (κ1) is 16.7. The highest BCUT2D eigenvalue weighted by Crippen LogP contribution is 2.16. The zero-order valence-electron chi connectivity index (χ0n) is 11.9. The number of hydroxylamine groups is 2. The number of hydrogen-bond acceptors (Lipinski definition) is 3. The number of nitrogens with zero attached hydrogens (tertiary/aromatic N) is 3. The van der Waals surface area contributed by atoms with Gasteiger partial charge in [-0.3, -0.25) is 10.2 Å². The number of hydrogen-bond donors (Lipinski definition) is 1. The molecule has 0 saturated carbocycles. The summed E-state index contributed by atoms with van der Waals surface area (Å²) in [4.78, 5) is 8.66. The number of rotatable bonds is 1. The van der Waals surface area contributed by atoms with Gasteiger partial charge in [0.05, 0.1) is 11.1 Å². The topological polar surface area (TPSA) is 48.2 Å². The normalized spacial score (nSPS) is 15.7. The molecule has 2 aromatic carbocycles. The predicted octanol–water partition coefficient (Wildman–Crippen LogP) is 2.38. The molecule has 0 fully saturated rings. The summed E-state index contributed by atoms with van der Waals surface area (Å²) >= 11 is 3.48. The lowest BCUT2D eigenvalue weighted by atomic mass is 10.1. The van der Waals surface area contributed by atoms with Crippen molar-refractivity contribution >= 4 is 39.9 Å². The number of aliphatic imine (C=N–C) groups is 1. The van der Waals surface area contributed by atoms with Gasteiger partial charge in [0.15, 0.2) is 0 Å². The molecule has 0 aliphatic carbocycles. The predicted molar refractivity (Wildman–Crippen MR) is 93.0 cm³/mol. The largest absolute Gasteiger partial charge is 0.288 e. The smallest absolute Gasteiger partial charge is 0.145 e. The van der Waals surface area contributed by atoms with Crippen LogP contribution in [0.25, 0.3) is 5.70 Å². The van der Waals surface area contributed by atoms with Crippen LogP contribution >= 0.6 is 28.3 Å². The van der Waals surface area contributed by atoms with Crippen molar-refractivity contribution < 1.29 is 5.21 Å². The molecular formula is C16H15BrClN3O. The van der Waals surface area contributed by atoms with E-state index in [1.54, 1.807) is 7.05 Å². The molecular weight excluding hydrogens is 366 g/mol. The van der Waals surface area contributed by atoms with Crippen molar-refractivity contribution in [3.05, 3.63) is 69.1 Å². The van der Waals surface area contributed by atoms with Crippen molar-refractivity contribution in [1.29, 1.82) is 0 Å². The third-order valence-electron chi connectivity index (χ3n) is 3.32. The van der Waals surface area contributed by atoms with Gasteiger partial charge >= 0.3 is 0 Å². The highest BCUT2D eigenvalue weighted by molar-refractivity contribution is 9.10. The molecule has 1 aliphatic rings. The monoisotopic (exact) mass is 379 g/mol. The standard InChI is InChI=1S/C16H14BrN3O.ClH/c1-18-15-10-20(21)16(11-5-3-2-4-6-11)13-9-12(17)7-8-14(13)19-15;/h2-9,21H,10H2,1H3;1H. The molecule has 0 spiro atoms. The molecule has 0 amide bonds. The van der Waals surface area contributed by atoms with Crippen molar-refractivity contribution in [1.82, 2.24) is 5.06 Å². The Labute approximate surface area is 143 Å². The quantitative estimate of drug-likeness (QED) is 0.826. The third kappa shape index (κ3) is 3.21. The van der Waals surface area contributed by atoms with E-state index in [1.165, 1.54) is 5.06 Å². The van der Waals surface area contributed by atoms with Crippen LogP contribution in [0.5, 0.6) is 0 Å². The summed E-state index contributed by atoms with van der Waals surface area (Å²) in [5.74, 6) is 0.590. The SMILES string of the molecule is CN=C1CN(O)C(c2ccccc2)=c2cc(Br)ccc2=N1.Cl. The summed E-state index contributed by atoms with van der Waals surface area (Å²) < 4.78 is 0.940. The second kappa shape index (κ2) is 7.05. The van der Waals surface area contributed by atoms with Crippen LogP contribution < -0.4 is 10.6 Å². The van der Waals surface area contributed by atoms with Crippen molar-refractivity contribution in [3.8, 4) is 0 Å². The van der Waals surface area contributed by atoms with Crippen molar-refractivity contribution in [3.63, 3.8) is 0 Å². The molecule has 0 bridgehead atoms. The summed E-state index contributed by atoms with van der Waals surface area (Å²) in [6.45, 7) is 0.257. The van der Waals surface area contributed by atoms with E-state index in [0.29, 0.717) is 5.84 Å². The van der Waals surface area contributed by atoms with E-state index in [2.05, 4.69) is 25.9 Å². The van der Waals surface area contributed by atoms with Gasteiger partial charge in [0.2, 0.25) is 0 Å². The van der Waals surface area contributed by atoms with Gasteiger partial charge in [-0.25, -0.2) is 10.1 Å². The van der Waals surface area contributed by atoms with Crippen LogP contribution in [-0.2, 0) is 0 Å². The Kier molecular flexibility index (Phi) is 5.34. The van der Waals surface area contributed by atoms with Crippen molar-refractivity contribution in [2.75, 3.05) is 13.6 Å². The number of amidine groups is 1. The first-order valence-electron chi connectivity index (χ1n) is 6.55. The molecule has 2 aromatic rings. The fraction of sp³-hybridized carbons (Fsp3) is 0.125. The maximum absolute atomic E-state index is 10.5. The Hall–Kier alpha value is -1.69. The Morgan fingerprint density at radius 2 is 1.91 bits per heavy atom. The minimum Gasteiger partial charge on any atom is -0.288 e. The lowest BCUT2D eigenvalue weighted by molar-refractivity contribution is -0.0119. The molecule has 1 aliphatic heterocycles. The lowest BCUT2D eigenvalue weighted by Gasteiger charge is -2.19. The van der Waals surface area contributed by atoms with E-state index in [9.17, 15) is 5.21 Å². The summed E-state index contributed by atoms with van der Waals surface area (Å²) in [6, 6.07) is 15.6. The minimum atomic E-state index is 0. The molecule has 1 N–H and O–H groups in total. The molecule has 3 rings (SSSR count). The van der Waals surface area contributed by atoms with Crippen LogP contribution in [0.2, 0.25) is 0 Å². The summed E-state index contributed by atoms with van der Waals surface area (Å²) in [7, 11) is 1.68. The highest BCUT2D eigenvalue weighted by atomic mass is 79.9. The molecule has 1 heterocycles. The maximum atomic E-state index is 10.5. The average Bonchev–Trinajstić information content (AvgIpc) is 2.63. The van der Waals surface area contributed by atoms with Gasteiger partial charge in [-0.05, 0) is 18.2 Å². The van der Waals surface area contributed by atoms with Gasteiger partial charge in [0, 0.05) is 22.3 Å². The second-order valence-electron chi connectivity index (χ2n) is 4.69. The Bertz CT molecular complexity index is 821. The van der Waals surface area contributed by atoms with Gasteiger partial charge in [0.25, 0.3) is 0 Å². The molecule has 114 valence electrons. The summed E-state index contributed by atoms with van der Waals surface area (Å²) in [6.07, 6.45) is 0. The van der Waals surface area contributed by atoms with Gasteiger partial charge in [-0.15, -0.1) is 12.4 Å². The van der Waals surface area contributed by atoms with Gasteiger partial charge < -0.3 is 0 Å². The van der Waals surface area contributed by atoms with E-state index < -0.39 is 0 Å². The second-order valence-corrected chi connectivity index (χ2v) is 5.60. The Morgan fingerprint density at radius 3 is 2.59 bits per heavy atom. The first-order chi connectivity index (χ1) is 10.2. The molecule has 0 aromatic heterocycles. The van der Waals surface area contributed by atoms with Crippen molar-refractivity contribution in [2.24, 2.45) is 9.98 Å². The average molecular weight is 381 g/mol. The third-order valence-corrected chi connectivity index (χ3v) is 3.81. The Morgan fingerprint density at radius 1 is 1.18 bits per heavy atom. The van der Waals surface area contributed by atoms with Crippen LogP contribution in [0.15, 0.2) is 63.0 Å². The maximum Gasteiger partial charge on any atom is 0.145 e. The molecule has 0 radical (unpaired) electrons. The van der Waals surface area contributed by atoms with Crippen LogP contribution in [0.4, 0.5) is 0 Å². The van der Waals surface area contributed by atoms with Gasteiger partial charge in [0.1, 0.15) is 12.4 Å². The molecule has 0 unspecified atom stereocenters. The zero-order valence-corrected chi connectivity index (χ0v) is 14.3. The van der Waals surface area contributed by atoms with Crippen LogP contribution in [0, 0.1) is 0 Å². The summed E-state index contributed by atoms with van der Waals surface area (Å²) in [5.41, 5.74) is 1.67. The van der Waals surface area contributed by atoms with Crippen LogP contribution in [-0.4, -0.2) is 29.7 Å². The van der Waals surface area contributed by atoms with Crippen LogP contribution in [0.1, 0.15) is 5.56 Å².